The Labute approximate surface area is 209 Å². The highest BCUT2D eigenvalue weighted by molar-refractivity contribution is 7.91. The molecule has 2 fully saturated rings. The maximum absolute atomic E-state index is 12.8. The third kappa shape index (κ3) is 5.19. The number of hydrogen-bond donors (Lipinski definition) is 3. The predicted octanol–water partition coefficient (Wildman–Crippen LogP) is -1.12. The van der Waals surface area contributed by atoms with Crippen LogP contribution in [-0.2, 0) is 48.7 Å². The van der Waals surface area contributed by atoms with Crippen molar-refractivity contribution in [2.45, 2.75) is 30.6 Å². The summed E-state index contributed by atoms with van der Waals surface area (Å²) in [4.78, 5) is 73.2. The highest BCUT2D eigenvalue weighted by Crippen LogP contribution is 2.46. The van der Waals surface area contributed by atoms with E-state index in [1.54, 1.807) is 0 Å². The molecule has 1 aromatic carbocycles. The molecule has 0 spiro atoms. The molecule has 37 heavy (non-hydrogen) atoms. The SMILES string of the molecule is O=C1CC(=O)/C(=C2\C/C(=C3\C(=O)CC(=O)NC3=O)c3cc(S(=O)(=O)CCCS(=O)(=O)O)ccc32)C(=O)N1. The van der Waals surface area contributed by atoms with Crippen LogP contribution in [-0.4, -0.2) is 68.1 Å². The summed E-state index contributed by atoms with van der Waals surface area (Å²) in [5.41, 5.74) is -0.536. The summed E-state index contributed by atoms with van der Waals surface area (Å²) >= 11 is 0. The zero-order chi connectivity index (χ0) is 27.3. The Hall–Kier alpha value is -3.82. The van der Waals surface area contributed by atoms with Crippen LogP contribution in [0.4, 0.5) is 0 Å². The average molecular weight is 551 g/mol. The molecule has 0 radical (unpaired) electrons. The predicted molar refractivity (Wildman–Crippen MR) is 124 cm³/mol. The first kappa shape index (κ1) is 26.2. The lowest BCUT2D eigenvalue weighted by Crippen LogP contribution is -2.41. The first-order chi connectivity index (χ1) is 17.2. The lowest BCUT2D eigenvalue weighted by atomic mass is 9.92. The van der Waals surface area contributed by atoms with Crippen LogP contribution >= 0.6 is 0 Å². The molecule has 2 aliphatic heterocycles. The second-order valence-corrected chi connectivity index (χ2v) is 12.2. The molecular weight excluding hydrogens is 532 g/mol. The summed E-state index contributed by atoms with van der Waals surface area (Å²) in [5, 5.41) is 4.04. The Morgan fingerprint density at radius 2 is 1.22 bits per heavy atom. The molecule has 3 aliphatic rings. The Morgan fingerprint density at radius 1 is 0.703 bits per heavy atom. The van der Waals surface area contributed by atoms with Gasteiger partial charge in [-0.25, -0.2) is 8.42 Å². The van der Waals surface area contributed by atoms with Gasteiger partial charge in [0.1, 0.15) is 0 Å². The number of hydrogen-bond acceptors (Lipinski definition) is 10. The number of nitrogens with one attached hydrogen (secondary N) is 2. The number of carbonyl (C=O) groups excluding carboxylic acids is 6. The molecular formula is C22H18N2O11S2. The van der Waals surface area contributed by atoms with Gasteiger partial charge in [0.25, 0.3) is 21.9 Å². The molecule has 4 rings (SSSR count). The molecule has 0 atom stereocenters. The molecule has 0 saturated carbocycles. The number of piperidine rings is 2. The van der Waals surface area contributed by atoms with Crippen LogP contribution in [0.5, 0.6) is 0 Å². The van der Waals surface area contributed by atoms with Crippen molar-refractivity contribution in [3.63, 3.8) is 0 Å². The van der Waals surface area contributed by atoms with Crippen molar-refractivity contribution in [1.82, 2.24) is 10.6 Å². The first-order valence-electron chi connectivity index (χ1n) is 10.7. The Balaban J connectivity index is 1.89. The van der Waals surface area contributed by atoms with E-state index in [-0.39, 0.29) is 39.2 Å². The van der Waals surface area contributed by atoms with E-state index in [0.29, 0.717) is 0 Å². The maximum Gasteiger partial charge on any atom is 0.264 e. The topological polar surface area (TPSA) is 215 Å². The van der Waals surface area contributed by atoms with Gasteiger partial charge in [-0.05, 0) is 40.8 Å². The van der Waals surface area contributed by atoms with Gasteiger partial charge in [0, 0.05) is 6.42 Å². The number of sulfone groups is 1. The lowest BCUT2D eigenvalue weighted by Gasteiger charge is -2.16. The van der Waals surface area contributed by atoms with E-state index >= 15 is 0 Å². The normalized spacial score (nSPS) is 22.7. The first-order valence-corrected chi connectivity index (χ1v) is 14.0. The number of rotatable bonds is 5. The van der Waals surface area contributed by atoms with Crippen LogP contribution in [0.2, 0.25) is 0 Å². The van der Waals surface area contributed by atoms with E-state index in [2.05, 4.69) is 0 Å². The number of Topliss-reactive ketones (excluding diaryl/α,β-unsaturated/α-hetero) is 2. The number of imide groups is 2. The summed E-state index contributed by atoms with van der Waals surface area (Å²) < 4.78 is 56.4. The third-order valence-corrected chi connectivity index (χ3v) is 8.54. The van der Waals surface area contributed by atoms with E-state index in [1.807, 2.05) is 10.6 Å². The molecule has 4 amide bonds. The van der Waals surface area contributed by atoms with Crippen molar-refractivity contribution in [3.05, 3.63) is 40.5 Å². The van der Waals surface area contributed by atoms with Gasteiger partial charge < -0.3 is 0 Å². The van der Waals surface area contributed by atoms with Crippen LogP contribution in [0, 0.1) is 0 Å². The van der Waals surface area contributed by atoms with Gasteiger partial charge in [-0.2, -0.15) is 8.42 Å². The number of benzene rings is 1. The molecule has 2 heterocycles. The number of ketones is 2. The van der Waals surface area contributed by atoms with Crippen LogP contribution < -0.4 is 10.6 Å². The molecule has 13 nitrogen and oxygen atoms in total. The van der Waals surface area contributed by atoms with Gasteiger partial charge in [-0.3, -0.25) is 44.0 Å². The van der Waals surface area contributed by atoms with Crippen molar-refractivity contribution < 1.29 is 50.2 Å². The van der Waals surface area contributed by atoms with Crippen LogP contribution in [0.1, 0.15) is 36.8 Å². The summed E-state index contributed by atoms with van der Waals surface area (Å²) in [6.07, 6.45) is -1.98. The minimum atomic E-state index is -4.39. The van der Waals surface area contributed by atoms with Crippen LogP contribution in [0.15, 0.2) is 34.2 Å². The summed E-state index contributed by atoms with van der Waals surface area (Å²) in [7, 11) is -8.50. The molecule has 0 bridgehead atoms. The summed E-state index contributed by atoms with van der Waals surface area (Å²) in [5.74, 6) is -6.71. The monoisotopic (exact) mass is 550 g/mol. The fourth-order valence-corrected chi connectivity index (χ4v) is 6.42. The summed E-state index contributed by atoms with van der Waals surface area (Å²) in [6.45, 7) is 0. The van der Waals surface area contributed by atoms with Crippen molar-refractivity contribution in [3.8, 4) is 0 Å². The fraction of sp³-hybridized carbons (Fsp3) is 0.273. The van der Waals surface area contributed by atoms with Crippen molar-refractivity contribution in [1.29, 1.82) is 0 Å². The van der Waals surface area contributed by atoms with Gasteiger partial charge in [0.2, 0.25) is 11.8 Å². The fourth-order valence-electron chi connectivity index (χ4n) is 4.39. The number of allylic oxidation sites excluding steroid dienone is 2. The smallest absolute Gasteiger partial charge is 0.264 e. The van der Waals surface area contributed by atoms with Gasteiger partial charge in [-0.15, -0.1) is 0 Å². The van der Waals surface area contributed by atoms with Crippen molar-refractivity contribution >= 4 is 66.3 Å². The van der Waals surface area contributed by atoms with E-state index < -0.39 is 91.5 Å². The van der Waals surface area contributed by atoms with Gasteiger partial charge in [0.15, 0.2) is 21.4 Å². The van der Waals surface area contributed by atoms with Gasteiger partial charge in [0.05, 0.1) is 40.4 Å². The third-order valence-electron chi connectivity index (χ3n) is 5.93. The van der Waals surface area contributed by atoms with Crippen LogP contribution in [0.3, 0.4) is 0 Å². The standard InChI is InChI=1S/C22H18N2O11S2/c25-15-8-17(27)23-21(29)19(15)13-7-14(20-16(26)9-18(28)24-22(20)30)12-6-10(2-3-11(12)13)36(31,32)4-1-5-37(33,34)35/h2-3,6H,1,4-5,7-9H2,(H,23,27,29)(H,24,28,30)(H,33,34,35)/b19-13-,20-14-. The van der Waals surface area contributed by atoms with Gasteiger partial charge >= 0.3 is 0 Å². The van der Waals surface area contributed by atoms with E-state index in [1.165, 1.54) is 6.07 Å². The summed E-state index contributed by atoms with van der Waals surface area (Å²) in [6, 6.07) is 3.55. The van der Waals surface area contributed by atoms with Crippen molar-refractivity contribution in [2.24, 2.45) is 0 Å². The van der Waals surface area contributed by atoms with E-state index in [9.17, 15) is 45.6 Å². The molecule has 3 N–H and O–H groups in total. The zero-order valence-corrected chi connectivity index (χ0v) is 20.5. The minimum Gasteiger partial charge on any atom is -0.293 e. The maximum atomic E-state index is 12.8. The lowest BCUT2D eigenvalue weighted by molar-refractivity contribution is -0.137. The Kier molecular flexibility index (Phi) is 6.56. The average Bonchev–Trinajstić information content (AvgIpc) is 3.09. The molecule has 0 unspecified atom stereocenters. The van der Waals surface area contributed by atoms with Gasteiger partial charge in [-0.1, -0.05) is 6.07 Å². The minimum absolute atomic E-state index is 0.0139. The molecule has 0 aromatic heterocycles. The van der Waals surface area contributed by atoms with E-state index in [0.717, 1.165) is 12.1 Å². The Bertz CT molecular complexity index is 1570. The molecule has 2 saturated heterocycles. The van der Waals surface area contributed by atoms with E-state index in [4.69, 9.17) is 4.55 Å². The second kappa shape index (κ2) is 9.24. The molecule has 194 valence electrons. The highest BCUT2D eigenvalue weighted by atomic mass is 32.2. The molecule has 15 heteroatoms. The largest absolute Gasteiger partial charge is 0.293 e. The number of amides is 4. The Morgan fingerprint density at radius 3 is 1.70 bits per heavy atom. The zero-order valence-electron chi connectivity index (χ0n) is 18.8. The molecule has 1 aromatic rings. The molecule has 1 aliphatic carbocycles. The number of fused-ring (bicyclic) bond motifs is 1. The van der Waals surface area contributed by atoms with Crippen molar-refractivity contribution in [2.75, 3.05) is 11.5 Å². The second-order valence-electron chi connectivity index (χ2n) is 8.50. The number of carbonyl (C=O) groups is 6. The highest BCUT2D eigenvalue weighted by Gasteiger charge is 2.39. The van der Waals surface area contributed by atoms with Crippen LogP contribution in [0.25, 0.3) is 11.1 Å². The quantitative estimate of drug-likeness (QED) is 0.131.